The molecule has 0 bridgehead atoms. The number of primary amides is 1. The number of amides is 1. The largest absolute Gasteiger partial charge is 0.363 e. The number of ketones is 1. The predicted molar refractivity (Wildman–Crippen MR) is 98.3 cm³/mol. The van der Waals surface area contributed by atoms with E-state index in [1.165, 1.54) is 12.1 Å². The fourth-order valence-corrected chi connectivity index (χ4v) is 3.08. The molecule has 0 atom stereocenters. The summed E-state index contributed by atoms with van der Waals surface area (Å²) in [4.78, 5) is 52.9. The van der Waals surface area contributed by atoms with Gasteiger partial charge in [-0.2, -0.15) is 4.98 Å². The number of halogens is 1. The quantitative estimate of drug-likeness (QED) is 0.277. The number of carbonyl (C=O) groups excluding carboxylic acids is 3. The van der Waals surface area contributed by atoms with E-state index in [-0.39, 0.29) is 29.0 Å². The number of hydrogen-bond acceptors (Lipinski definition) is 7. The average Bonchev–Trinajstić information content (AvgIpc) is 2.99. The summed E-state index contributed by atoms with van der Waals surface area (Å²) in [7, 11) is 0. The third-order valence-electron chi connectivity index (χ3n) is 4.17. The Bertz CT molecular complexity index is 1130. The number of aromatic nitrogens is 3. The minimum absolute atomic E-state index is 0.0471. The van der Waals surface area contributed by atoms with E-state index in [0.717, 1.165) is 13.3 Å². The summed E-state index contributed by atoms with van der Waals surface area (Å²) in [6.07, 6.45) is 1.48. The van der Waals surface area contributed by atoms with Gasteiger partial charge in [-0.15, -0.1) is 0 Å². The van der Waals surface area contributed by atoms with Crippen LogP contribution in [-0.4, -0.2) is 32.2 Å². The lowest BCUT2D eigenvalue weighted by atomic mass is 10.1. The second kappa shape index (κ2) is 8.05. The van der Waals surface area contributed by atoms with Crippen LogP contribution in [0.2, 0.25) is 0 Å². The Labute approximate surface area is 164 Å². The van der Waals surface area contributed by atoms with Crippen LogP contribution in [0, 0.1) is 5.82 Å². The molecule has 0 radical (unpaired) electrons. The van der Waals surface area contributed by atoms with E-state index >= 15 is 0 Å². The Morgan fingerprint density at radius 3 is 2.62 bits per heavy atom. The summed E-state index contributed by atoms with van der Waals surface area (Å²) in [5, 5.41) is 0.0748. The lowest BCUT2D eigenvalue weighted by Crippen LogP contribution is -2.24. The van der Waals surface area contributed by atoms with Crippen molar-refractivity contribution >= 4 is 28.7 Å². The van der Waals surface area contributed by atoms with E-state index in [0.29, 0.717) is 17.7 Å². The summed E-state index contributed by atoms with van der Waals surface area (Å²) in [5.74, 6) is -3.52. The van der Waals surface area contributed by atoms with Crippen molar-refractivity contribution in [2.24, 2.45) is 5.73 Å². The maximum absolute atomic E-state index is 13.6. The summed E-state index contributed by atoms with van der Waals surface area (Å²) in [5.41, 5.74) is 6.46. The van der Waals surface area contributed by atoms with E-state index in [2.05, 4.69) is 14.9 Å². The molecule has 0 aliphatic rings. The van der Waals surface area contributed by atoms with Crippen molar-refractivity contribution < 1.29 is 28.5 Å². The van der Waals surface area contributed by atoms with Gasteiger partial charge >= 0.3 is 5.97 Å². The van der Waals surface area contributed by atoms with Crippen molar-refractivity contribution in [3.05, 3.63) is 53.2 Å². The van der Waals surface area contributed by atoms with Crippen LogP contribution < -0.4 is 10.6 Å². The van der Waals surface area contributed by atoms with Gasteiger partial charge in [0.05, 0.1) is 10.9 Å². The highest BCUT2D eigenvalue weighted by Gasteiger charge is 2.29. The average molecular weight is 400 g/mol. The zero-order valence-corrected chi connectivity index (χ0v) is 15.6. The normalized spacial score (nSPS) is 10.7. The van der Waals surface area contributed by atoms with Gasteiger partial charge in [0.1, 0.15) is 17.8 Å². The SMILES string of the molecule is CCc1c(C(=O)C(N)=O)c2c(OOC(C)=O)ncnc2n1Cc1cccc(F)c1. The lowest BCUT2D eigenvalue weighted by Gasteiger charge is -2.10. The second-order valence-corrected chi connectivity index (χ2v) is 6.12. The van der Waals surface area contributed by atoms with Gasteiger partial charge in [0.25, 0.3) is 17.6 Å². The first-order valence-electron chi connectivity index (χ1n) is 8.63. The molecule has 9 nitrogen and oxygen atoms in total. The van der Waals surface area contributed by atoms with Crippen LogP contribution >= 0.6 is 0 Å². The molecule has 2 heterocycles. The van der Waals surface area contributed by atoms with E-state index < -0.39 is 23.5 Å². The van der Waals surface area contributed by atoms with Gasteiger partial charge in [0.15, 0.2) is 0 Å². The van der Waals surface area contributed by atoms with E-state index in [4.69, 9.17) is 10.6 Å². The number of benzene rings is 1. The first-order valence-corrected chi connectivity index (χ1v) is 8.63. The zero-order chi connectivity index (χ0) is 21.1. The Balaban J connectivity index is 2.27. The van der Waals surface area contributed by atoms with Crippen LogP contribution in [0.3, 0.4) is 0 Å². The minimum Gasteiger partial charge on any atom is -0.363 e. The van der Waals surface area contributed by atoms with Crippen LogP contribution in [0.5, 0.6) is 5.88 Å². The van der Waals surface area contributed by atoms with Gasteiger partial charge in [0.2, 0.25) is 0 Å². The fraction of sp³-hybridized carbons (Fsp3) is 0.211. The van der Waals surface area contributed by atoms with Crippen molar-refractivity contribution in [2.75, 3.05) is 0 Å². The summed E-state index contributed by atoms with van der Waals surface area (Å²) in [6.45, 7) is 3.06. The topological polar surface area (TPSA) is 126 Å². The Morgan fingerprint density at radius 2 is 2.00 bits per heavy atom. The smallest absolute Gasteiger partial charge is 0.352 e. The monoisotopic (exact) mass is 400 g/mol. The van der Waals surface area contributed by atoms with Crippen LogP contribution in [0.4, 0.5) is 4.39 Å². The van der Waals surface area contributed by atoms with Gasteiger partial charge in [-0.3, -0.25) is 14.5 Å². The molecule has 2 N–H and O–H groups in total. The first-order chi connectivity index (χ1) is 13.8. The van der Waals surface area contributed by atoms with Crippen LogP contribution in [0.25, 0.3) is 11.0 Å². The minimum atomic E-state index is -1.17. The maximum atomic E-state index is 13.6. The van der Waals surface area contributed by atoms with E-state index in [9.17, 15) is 18.8 Å². The first kappa shape index (κ1) is 19.9. The Morgan fingerprint density at radius 1 is 1.24 bits per heavy atom. The second-order valence-electron chi connectivity index (χ2n) is 6.12. The molecule has 2 aromatic heterocycles. The van der Waals surface area contributed by atoms with Crippen molar-refractivity contribution in [1.82, 2.24) is 14.5 Å². The fourth-order valence-electron chi connectivity index (χ4n) is 3.08. The molecule has 0 saturated heterocycles. The predicted octanol–water partition coefficient (Wildman–Crippen LogP) is 1.71. The number of carbonyl (C=O) groups is 3. The molecular formula is C19H17FN4O5. The standard InChI is InChI=1S/C19H17FN4O5/c1-3-13-14(16(26)17(21)27)15-18(22-9-23-19(15)29-28-10(2)25)24(13)8-11-5-4-6-12(20)7-11/h4-7,9H,3,8H2,1-2H3,(H2,21,27). The van der Waals surface area contributed by atoms with Crippen molar-refractivity contribution in [3.63, 3.8) is 0 Å². The molecule has 1 amide bonds. The molecule has 0 aliphatic heterocycles. The number of hydrogen-bond donors (Lipinski definition) is 1. The van der Waals surface area contributed by atoms with Crippen LogP contribution in [0.15, 0.2) is 30.6 Å². The number of nitrogens with zero attached hydrogens (tertiary/aromatic N) is 3. The molecule has 29 heavy (non-hydrogen) atoms. The summed E-state index contributed by atoms with van der Waals surface area (Å²) >= 11 is 0. The van der Waals surface area contributed by atoms with E-state index in [1.54, 1.807) is 23.6 Å². The zero-order valence-electron chi connectivity index (χ0n) is 15.6. The maximum Gasteiger partial charge on any atom is 0.352 e. The number of nitrogens with two attached hydrogens (primary N) is 1. The molecule has 1 aromatic carbocycles. The number of Topliss-reactive ketones (excluding diaryl/α,β-unsaturated/α-hetero) is 1. The van der Waals surface area contributed by atoms with Crippen LogP contribution in [0.1, 0.15) is 35.5 Å². The molecule has 0 saturated carbocycles. The highest BCUT2D eigenvalue weighted by molar-refractivity contribution is 6.45. The molecular weight excluding hydrogens is 383 g/mol. The van der Waals surface area contributed by atoms with Crippen molar-refractivity contribution in [3.8, 4) is 5.88 Å². The Hall–Kier alpha value is -3.82. The van der Waals surface area contributed by atoms with Crippen molar-refractivity contribution in [2.45, 2.75) is 26.8 Å². The molecule has 10 heteroatoms. The van der Waals surface area contributed by atoms with Gasteiger partial charge in [-0.05, 0) is 24.1 Å². The third kappa shape index (κ3) is 3.91. The highest BCUT2D eigenvalue weighted by Crippen LogP contribution is 2.32. The van der Waals surface area contributed by atoms with E-state index in [1.807, 2.05) is 0 Å². The summed E-state index contributed by atoms with van der Waals surface area (Å²) in [6, 6.07) is 5.93. The summed E-state index contributed by atoms with van der Waals surface area (Å²) < 4.78 is 15.3. The molecule has 0 unspecified atom stereocenters. The molecule has 0 aliphatic carbocycles. The highest BCUT2D eigenvalue weighted by atomic mass is 19.1. The lowest BCUT2D eigenvalue weighted by molar-refractivity contribution is -0.211. The molecule has 150 valence electrons. The van der Waals surface area contributed by atoms with Gasteiger partial charge < -0.3 is 10.3 Å². The third-order valence-corrected chi connectivity index (χ3v) is 4.17. The van der Waals surface area contributed by atoms with Gasteiger partial charge in [0, 0.05) is 19.2 Å². The van der Waals surface area contributed by atoms with Gasteiger partial charge in [-0.25, -0.2) is 19.1 Å². The number of fused-ring (bicyclic) bond motifs is 1. The molecule has 0 fully saturated rings. The molecule has 3 rings (SSSR count). The molecule has 3 aromatic rings. The van der Waals surface area contributed by atoms with Gasteiger partial charge in [-0.1, -0.05) is 19.1 Å². The van der Waals surface area contributed by atoms with Crippen LogP contribution in [-0.2, 0) is 27.4 Å². The molecule has 0 spiro atoms. The number of rotatable bonds is 7. The Kier molecular flexibility index (Phi) is 5.53. The van der Waals surface area contributed by atoms with Crippen molar-refractivity contribution in [1.29, 1.82) is 0 Å².